The second-order valence-electron chi connectivity index (χ2n) is 3.71. The predicted molar refractivity (Wildman–Crippen MR) is 72.9 cm³/mol. The molecule has 1 heterocycles. The fraction of sp³-hybridized carbons (Fsp3) is 0. The van der Waals surface area contributed by atoms with Crippen LogP contribution in [0.5, 0.6) is 0 Å². The standard InChI is InChI=1S/C13H8ClNOS/c14-10-4-2-1-3-9(10)8-5-6-11-12(7-8)17-13(16)15-11/h1-7H,(H,15,16). The molecule has 4 heteroatoms. The number of aromatic nitrogens is 1. The topological polar surface area (TPSA) is 32.9 Å². The van der Waals surface area contributed by atoms with Crippen LogP contribution >= 0.6 is 22.9 Å². The summed E-state index contributed by atoms with van der Waals surface area (Å²) >= 11 is 7.36. The number of benzene rings is 2. The van der Waals surface area contributed by atoms with Gasteiger partial charge in [-0.15, -0.1) is 0 Å². The van der Waals surface area contributed by atoms with Crippen LogP contribution in [0.2, 0.25) is 5.02 Å². The lowest BCUT2D eigenvalue weighted by atomic mass is 10.1. The third-order valence-electron chi connectivity index (χ3n) is 2.61. The van der Waals surface area contributed by atoms with Crippen molar-refractivity contribution in [3.8, 4) is 11.1 Å². The van der Waals surface area contributed by atoms with Crippen molar-refractivity contribution in [3.63, 3.8) is 0 Å². The van der Waals surface area contributed by atoms with Gasteiger partial charge >= 0.3 is 4.87 Å². The van der Waals surface area contributed by atoms with E-state index in [-0.39, 0.29) is 4.87 Å². The molecule has 0 saturated heterocycles. The molecule has 0 fully saturated rings. The number of hydrogen-bond donors (Lipinski definition) is 1. The summed E-state index contributed by atoms with van der Waals surface area (Å²) in [5.74, 6) is 0. The molecule has 0 radical (unpaired) electrons. The summed E-state index contributed by atoms with van der Waals surface area (Å²) < 4.78 is 0.951. The average molecular weight is 262 g/mol. The fourth-order valence-corrected chi connectivity index (χ4v) is 2.83. The van der Waals surface area contributed by atoms with E-state index in [0.29, 0.717) is 0 Å². The SMILES string of the molecule is O=c1[nH]c2ccc(-c3ccccc3Cl)cc2s1. The molecule has 0 aliphatic carbocycles. The lowest BCUT2D eigenvalue weighted by molar-refractivity contribution is 1.41. The molecule has 0 atom stereocenters. The molecular weight excluding hydrogens is 254 g/mol. The quantitative estimate of drug-likeness (QED) is 0.708. The maximum absolute atomic E-state index is 11.2. The van der Waals surface area contributed by atoms with Crippen molar-refractivity contribution < 1.29 is 0 Å². The van der Waals surface area contributed by atoms with E-state index in [4.69, 9.17) is 11.6 Å². The van der Waals surface area contributed by atoms with Gasteiger partial charge in [0.25, 0.3) is 0 Å². The van der Waals surface area contributed by atoms with Crippen molar-refractivity contribution in [1.29, 1.82) is 0 Å². The van der Waals surface area contributed by atoms with Crippen molar-refractivity contribution in [2.45, 2.75) is 0 Å². The molecule has 0 saturated carbocycles. The molecule has 1 aromatic heterocycles. The monoisotopic (exact) mass is 261 g/mol. The fourth-order valence-electron chi connectivity index (χ4n) is 1.81. The lowest BCUT2D eigenvalue weighted by Crippen LogP contribution is -1.89. The Kier molecular flexibility index (Phi) is 2.50. The first kappa shape index (κ1) is 10.6. The minimum Gasteiger partial charge on any atom is -0.312 e. The van der Waals surface area contributed by atoms with Gasteiger partial charge in [0.2, 0.25) is 0 Å². The number of halogens is 1. The van der Waals surface area contributed by atoms with Crippen LogP contribution in [0.15, 0.2) is 47.3 Å². The van der Waals surface area contributed by atoms with E-state index >= 15 is 0 Å². The zero-order chi connectivity index (χ0) is 11.8. The van der Waals surface area contributed by atoms with E-state index in [1.807, 2.05) is 42.5 Å². The number of rotatable bonds is 1. The molecule has 17 heavy (non-hydrogen) atoms. The Balaban J connectivity index is 2.24. The van der Waals surface area contributed by atoms with E-state index in [0.717, 1.165) is 26.4 Å². The molecule has 1 N–H and O–H groups in total. The van der Waals surface area contributed by atoms with Gasteiger partial charge in [-0.2, -0.15) is 0 Å². The first-order valence-electron chi connectivity index (χ1n) is 5.12. The Morgan fingerprint density at radius 3 is 2.76 bits per heavy atom. The molecular formula is C13H8ClNOS. The number of fused-ring (bicyclic) bond motifs is 1. The van der Waals surface area contributed by atoms with Gasteiger partial charge in [-0.1, -0.05) is 47.2 Å². The minimum atomic E-state index is -0.0312. The first-order chi connectivity index (χ1) is 8.24. The molecule has 0 aliphatic heterocycles. The maximum Gasteiger partial charge on any atom is 0.305 e. The predicted octanol–water partition coefficient (Wildman–Crippen LogP) is 3.91. The molecule has 3 aromatic rings. The second-order valence-corrected chi connectivity index (χ2v) is 5.13. The van der Waals surface area contributed by atoms with E-state index in [9.17, 15) is 4.79 Å². The lowest BCUT2D eigenvalue weighted by Gasteiger charge is -2.03. The molecule has 84 valence electrons. The van der Waals surface area contributed by atoms with Crippen LogP contribution in [-0.2, 0) is 0 Å². The largest absolute Gasteiger partial charge is 0.312 e. The van der Waals surface area contributed by atoms with E-state index in [1.165, 1.54) is 11.3 Å². The van der Waals surface area contributed by atoms with Gasteiger partial charge in [-0.25, -0.2) is 0 Å². The minimum absolute atomic E-state index is 0.0312. The number of thiazole rings is 1. The number of aromatic amines is 1. The zero-order valence-electron chi connectivity index (χ0n) is 8.74. The Hall–Kier alpha value is -1.58. The number of hydrogen-bond acceptors (Lipinski definition) is 2. The van der Waals surface area contributed by atoms with Gasteiger partial charge in [0, 0.05) is 10.6 Å². The van der Waals surface area contributed by atoms with Gasteiger partial charge in [0.05, 0.1) is 10.2 Å². The smallest absolute Gasteiger partial charge is 0.305 e. The van der Waals surface area contributed by atoms with Crippen molar-refractivity contribution >= 4 is 33.2 Å². The number of nitrogens with one attached hydrogen (secondary N) is 1. The molecule has 0 bridgehead atoms. The highest BCUT2D eigenvalue weighted by Gasteiger charge is 2.05. The van der Waals surface area contributed by atoms with Crippen LogP contribution in [0.3, 0.4) is 0 Å². The summed E-state index contributed by atoms with van der Waals surface area (Å²) in [6, 6.07) is 13.5. The van der Waals surface area contributed by atoms with Gasteiger partial charge < -0.3 is 4.98 Å². The van der Waals surface area contributed by atoms with E-state index in [2.05, 4.69) is 4.98 Å². The zero-order valence-corrected chi connectivity index (χ0v) is 10.3. The second kappa shape index (κ2) is 4.02. The van der Waals surface area contributed by atoms with Crippen LogP contribution in [-0.4, -0.2) is 4.98 Å². The molecule has 0 aliphatic rings. The molecule has 0 spiro atoms. The molecule has 2 aromatic carbocycles. The Morgan fingerprint density at radius 2 is 1.94 bits per heavy atom. The Bertz CT molecular complexity index is 744. The molecule has 0 unspecified atom stereocenters. The summed E-state index contributed by atoms with van der Waals surface area (Å²) in [4.78, 5) is 14.0. The van der Waals surface area contributed by atoms with Crippen molar-refractivity contribution in [3.05, 3.63) is 57.2 Å². The molecule has 0 amide bonds. The van der Waals surface area contributed by atoms with Crippen LogP contribution < -0.4 is 4.87 Å². The van der Waals surface area contributed by atoms with Crippen LogP contribution in [0, 0.1) is 0 Å². The summed E-state index contributed by atoms with van der Waals surface area (Å²) in [5, 5.41) is 0.717. The molecule has 3 rings (SSSR count). The summed E-state index contributed by atoms with van der Waals surface area (Å²) in [5.41, 5.74) is 2.88. The normalized spacial score (nSPS) is 10.9. The van der Waals surface area contributed by atoms with Crippen LogP contribution in [0.1, 0.15) is 0 Å². The third-order valence-corrected chi connectivity index (χ3v) is 3.78. The summed E-state index contributed by atoms with van der Waals surface area (Å²) in [6.45, 7) is 0. The first-order valence-corrected chi connectivity index (χ1v) is 6.31. The van der Waals surface area contributed by atoms with E-state index < -0.39 is 0 Å². The highest BCUT2D eigenvalue weighted by atomic mass is 35.5. The maximum atomic E-state index is 11.2. The summed E-state index contributed by atoms with van der Waals surface area (Å²) in [7, 11) is 0. The third kappa shape index (κ3) is 1.88. The van der Waals surface area contributed by atoms with Gasteiger partial charge in [0.15, 0.2) is 0 Å². The number of H-pyrrole nitrogens is 1. The Morgan fingerprint density at radius 1 is 1.12 bits per heavy atom. The van der Waals surface area contributed by atoms with Gasteiger partial charge in [-0.05, 0) is 23.8 Å². The van der Waals surface area contributed by atoms with E-state index in [1.54, 1.807) is 0 Å². The van der Waals surface area contributed by atoms with Crippen molar-refractivity contribution in [2.75, 3.05) is 0 Å². The highest BCUT2D eigenvalue weighted by molar-refractivity contribution is 7.16. The highest BCUT2D eigenvalue weighted by Crippen LogP contribution is 2.30. The van der Waals surface area contributed by atoms with Crippen molar-refractivity contribution in [1.82, 2.24) is 4.98 Å². The van der Waals surface area contributed by atoms with Crippen LogP contribution in [0.4, 0.5) is 0 Å². The van der Waals surface area contributed by atoms with Crippen LogP contribution in [0.25, 0.3) is 21.3 Å². The van der Waals surface area contributed by atoms with Gasteiger partial charge in [0.1, 0.15) is 0 Å². The Labute approximate surface area is 106 Å². The van der Waals surface area contributed by atoms with Gasteiger partial charge in [-0.3, -0.25) is 4.79 Å². The molecule has 2 nitrogen and oxygen atoms in total. The summed E-state index contributed by atoms with van der Waals surface area (Å²) in [6.07, 6.45) is 0. The average Bonchev–Trinajstić information content (AvgIpc) is 2.68. The van der Waals surface area contributed by atoms with Crippen molar-refractivity contribution in [2.24, 2.45) is 0 Å².